The number of hydrogen-bond donors (Lipinski definition) is 0. The third-order valence-electron chi connectivity index (χ3n) is 13.7. The highest BCUT2D eigenvalue weighted by atomic mass is 16.5. The van der Waals surface area contributed by atoms with Gasteiger partial charge in [-0.1, -0.05) is 109 Å². The van der Waals surface area contributed by atoms with Crippen LogP contribution in [0.5, 0.6) is 46.0 Å². The van der Waals surface area contributed by atoms with E-state index in [4.69, 9.17) is 23.7 Å². The van der Waals surface area contributed by atoms with Gasteiger partial charge in [-0.25, -0.2) is 0 Å². The molecule has 0 N–H and O–H groups in total. The maximum Gasteiger partial charge on any atom is 0.150 e. The van der Waals surface area contributed by atoms with Crippen LogP contribution in [0.1, 0.15) is 58.4 Å². The predicted octanol–water partition coefficient (Wildman–Crippen LogP) is 14.4. The molecule has 12 rings (SSSR count). The van der Waals surface area contributed by atoms with E-state index >= 15 is 0 Å². The van der Waals surface area contributed by atoms with E-state index in [1.165, 1.54) is 0 Å². The molecule has 8 aromatic carbocycles. The lowest BCUT2D eigenvalue weighted by atomic mass is 9.63. The lowest BCUT2D eigenvalue weighted by molar-refractivity contribution is 0.370. The fourth-order valence-electron chi connectivity index (χ4n) is 10.5. The first-order valence-electron chi connectivity index (χ1n) is 23.5. The average molecular weight is 921 g/mol. The van der Waals surface area contributed by atoms with E-state index in [9.17, 15) is 0 Å². The Morgan fingerprint density at radius 3 is 1.23 bits per heavy atom. The van der Waals surface area contributed by atoms with Crippen LogP contribution < -0.4 is 23.7 Å². The Morgan fingerprint density at radius 2 is 0.775 bits per heavy atom. The van der Waals surface area contributed by atoms with Crippen molar-refractivity contribution in [2.45, 2.75) is 24.7 Å². The number of hydrogen-bond acceptors (Lipinski definition) is 7. The number of aromatic nitrogens is 2. The molecule has 2 aromatic heterocycles. The molecule has 340 valence electrons. The Bertz CT molecular complexity index is 3460. The Kier molecular flexibility index (Phi) is 10.9. The molecule has 2 atom stereocenters. The summed E-state index contributed by atoms with van der Waals surface area (Å²) in [5.74, 6) is 17.7. The number of pyridine rings is 2. The molecule has 0 amide bonds. The molecule has 7 nitrogen and oxygen atoms in total. The highest BCUT2D eigenvalue weighted by molar-refractivity contribution is 5.87. The normalized spacial score (nSPS) is 16.0. The third kappa shape index (κ3) is 7.35. The van der Waals surface area contributed by atoms with Crippen molar-refractivity contribution in [3.05, 3.63) is 251 Å². The topological polar surface area (TPSA) is 71.9 Å². The molecule has 0 aliphatic carbocycles. The summed E-state index contributed by atoms with van der Waals surface area (Å²) in [7, 11) is 0. The highest BCUT2D eigenvalue weighted by Gasteiger charge is 2.47. The van der Waals surface area contributed by atoms with Crippen LogP contribution in [0.2, 0.25) is 0 Å². The fraction of sp³-hybridized carbons (Fsp3) is 0.0938. The van der Waals surface area contributed by atoms with Crippen molar-refractivity contribution in [3.8, 4) is 69.7 Å². The van der Waals surface area contributed by atoms with Gasteiger partial charge in [0, 0.05) is 34.6 Å². The summed E-state index contributed by atoms with van der Waals surface area (Å²) in [4.78, 5) is 8.99. The molecule has 0 radical (unpaired) electrons. The van der Waals surface area contributed by atoms with Crippen molar-refractivity contribution in [2.75, 3.05) is 13.2 Å². The minimum absolute atomic E-state index is 0.342. The molecule has 4 heterocycles. The second-order valence-electron chi connectivity index (χ2n) is 17.5. The van der Waals surface area contributed by atoms with Gasteiger partial charge in [0.05, 0.1) is 23.2 Å². The second-order valence-corrected chi connectivity index (χ2v) is 17.5. The van der Waals surface area contributed by atoms with Gasteiger partial charge in [0.1, 0.15) is 47.7 Å². The molecule has 0 saturated carbocycles. The maximum absolute atomic E-state index is 6.72. The van der Waals surface area contributed by atoms with Crippen LogP contribution in [0.4, 0.5) is 0 Å². The van der Waals surface area contributed by atoms with Crippen LogP contribution in [0.25, 0.3) is 21.5 Å². The lowest BCUT2D eigenvalue weighted by Crippen LogP contribution is -2.34. The van der Waals surface area contributed by atoms with E-state index in [1.54, 1.807) is 12.4 Å². The molecule has 10 aromatic rings. The number of benzene rings is 8. The van der Waals surface area contributed by atoms with E-state index in [-0.39, 0.29) is 0 Å². The summed E-state index contributed by atoms with van der Waals surface area (Å²) in [6.07, 6.45) is 7.29. The van der Waals surface area contributed by atoms with Gasteiger partial charge in [0.2, 0.25) is 0 Å². The number of rotatable bonds is 10. The van der Waals surface area contributed by atoms with Crippen molar-refractivity contribution >= 4 is 21.5 Å². The Balaban J connectivity index is 0.928. The average Bonchev–Trinajstić information content (AvgIpc) is 3.42. The van der Waals surface area contributed by atoms with Gasteiger partial charge in [0.25, 0.3) is 0 Å². The Morgan fingerprint density at radius 1 is 0.394 bits per heavy atom. The van der Waals surface area contributed by atoms with Gasteiger partial charge in [-0.3, -0.25) is 9.97 Å². The summed E-state index contributed by atoms with van der Waals surface area (Å²) in [5, 5.41) is 4.31. The molecular formula is C64H44N2O5. The van der Waals surface area contributed by atoms with Crippen molar-refractivity contribution in [2.24, 2.45) is 0 Å². The van der Waals surface area contributed by atoms with Crippen LogP contribution in [0.15, 0.2) is 207 Å². The summed E-state index contributed by atoms with van der Waals surface area (Å²) in [5.41, 5.74) is 6.84. The second kappa shape index (κ2) is 18.0. The number of ether oxygens (including phenoxy) is 5. The van der Waals surface area contributed by atoms with Crippen LogP contribution in [-0.4, -0.2) is 23.2 Å². The lowest BCUT2D eigenvalue weighted by Gasteiger charge is -2.41. The molecule has 0 saturated heterocycles. The monoisotopic (exact) mass is 920 g/mol. The van der Waals surface area contributed by atoms with Crippen LogP contribution in [-0.2, 0) is 10.8 Å². The summed E-state index contributed by atoms with van der Waals surface area (Å²) >= 11 is 0. The molecular weight excluding hydrogens is 877 g/mol. The van der Waals surface area contributed by atoms with E-state index in [1.807, 2.05) is 62.6 Å². The third-order valence-corrected chi connectivity index (χ3v) is 13.7. The van der Waals surface area contributed by atoms with Crippen molar-refractivity contribution in [1.82, 2.24) is 9.97 Å². The van der Waals surface area contributed by atoms with Crippen LogP contribution in [0, 0.1) is 23.7 Å². The first-order chi connectivity index (χ1) is 35.1. The van der Waals surface area contributed by atoms with Gasteiger partial charge in [0.15, 0.2) is 11.5 Å². The standard InChI is InChI=1S/C64H44N2O5/c1-3-5-35-67-53-25-17-43-37-49(19-15-45(43)39-53)63(55-11-7-9-13-59(55)70-61-41-65-33-31-57(61)63)47-21-27-51(28-22-47)69-52-29-23-48(24-30-52)64(56-12-8-10-14-60(56)71-62-42-66-34-32-58(62)64)50-20-16-46-40-54(68-36-6-4-2)26-18-44(46)38-50/h7-34,37-42H,35-36H2,1-2H3. The first-order valence-corrected chi connectivity index (χ1v) is 23.5. The summed E-state index contributed by atoms with van der Waals surface area (Å²) in [6.45, 7) is 4.31. The smallest absolute Gasteiger partial charge is 0.150 e. The zero-order chi connectivity index (χ0) is 47.8. The molecule has 0 fully saturated rings. The van der Waals surface area contributed by atoms with Crippen LogP contribution >= 0.6 is 0 Å². The zero-order valence-electron chi connectivity index (χ0n) is 39.0. The minimum atomic E-state index is -0.754. The van der Waals surface area contributed by atoms with Crippen molar-refractivity contribution in [1.29, 1.82) is 0 Å². The zero-order valence-corrected chi connectivity index (χ0v) is 39.0. The number of para-hydroxylation sites is 2. The largest absolute Gasteiger partial charge is 0.481 e. The number of fused-ring (bicyclic) bond motifs is 6. The van der Waals surface area contributed by atoms with Gasteiger partial charge < -0.3 is 23.7 Å². The fourth-order valence-corrected chi connectivity index (χ4v) is 10.5. The molecule has 2 unspecified atom stereocenters. The molecule has 7 heteroatoms. The highest BCUT2D eigenvalue weighted by Crippen LogP contribution is 2.57. The molecule has 71 heavy (non-hydrogen) atoms. The van der Waals surface area contributed by atoms with Gasteiger partial charge >= 0.3 is 0 Å². The van der Waals surface area contributed by atoms with E-state index in [0.717, 1.165) is 89.1 Å². The first kappa shape index (κ1) is 43.0. The van der Waals surface area contributed by atoms with E-state index in [2.05, 4.69) is 179 Å². The van der Waals surface area contributed by atoms with Crippen molar-refractivity contribution < 1.29 is 23.7 Å². The molecule has 2 aliphatic heterocycles. The minimum Gasteiger partial charge on any atom is -0.481 e. The van der Waals surface area contributed by atoms with Gasteiger partial charge in [-0.2, -0.15) is 0 Å². The van der Waals surface area contributed by atoms with E-state index < -0.39 is 10.8 Å². The van der Waals surface area contributed by atoms with Gasteiger partial charge in [-0.15, -0.1) is 11.8 Å². The number of nitrogens with zero attached hydrogens (tertiary/aromatic N) is 2. The maximum atomic E-state index is 6.72. The van der Waals surface area contributed by atoms with E-state index in [0.29, 0.717) is 36.2 Å². The molecule has 0 spiro atoms. The van der Waals surface area contributed by atoms with Gasteiger partial charge in [-0.05, 0) is 143 Å². The SMILES string of the molecule is CC#CCOc1ccc2cc(C3(c4ccc(Oc5ccc(C6(c7ccc8cc(OCC#CC)ccc8c7)c7ccccc7Oc7cnccc76)cc5)cc4)c4ccccc4Oc4cnccc43)ccc2c1. The molecule has 2 aliphatic rings. The quantitative estimate of drug-likeness (QED) is 0.127. The molecule has 0 bridgehead atoms. The summed E-state index contributed by atoms with van der Waals surface area (Å²) < 4.78 is 31.7. The predicted molar refractivity (Wildman–Crippen MR) is 278 cm³/mol. The van der Waals surface area contributed by atoms with Crippen LogP contribution in [0.3, 0.4) is 0 Å². The summed E-state index contributed by atoms with van der Waals surface area (Å²) in [6, 6.07) is 63.2. The Hall–Kier alpha value is -9.30. The Labute approximate surface area is 412 Å². The van der Waals surface area contributed by atoms with Crippen molar-refractivity contribution in [3.63, 3.8) is 0 Å².